The molecule has 1 aromatic carbocycles. The second-order valence-electron chi connectivity index (χ2n) is 6.19. The SMILES string of the molecule is CCCCCCc1n(C)c(C)c[n+]1Cc1ccc(C(=O)O)cc1. The van der Waals surface area contributed by atoms with E-state index in [4.69, 9.17) is 5.11 Å². The van der Waals surface area contributed by atoms with Gasteiger partial charge in [0.15, 0.2) is 0 Å². The Balaban J connectivity index is 2.12. The molecule has 0 fully saturated rings. The van der Waals surface area contributed by atoms with Gasteiger partial charge in [-0.3, -0.25) is 0 Å². The maximum absolute atomic E-state index is 10.9. The molecule has 1 aromatic heterocycles. The number of imidazole rings is 1. The van der Waals surface area contributed by atoms with Crippen LogP contribution in [0.5, 0.6) is 0 Å². The zero-order chi connectivity index (χ0) is 16.8. The molecule has 124 valence electrons. The van der Waals surface area contributed by atoms with Crippen LogP contribution < -0.4 is 4.57 Å². The highest BCUT2D eigenvalue weighted by molar-refractivity contribution is 5.87. The van der Waals surface area contributed by atoms with Gasteiger partial charge in [-0.15, -0.1) is 0 Å². The molecule has 0 bridgehead atoms. The van der Waals surface area contributed by atoms with E-state index in [2.05, 4.69) is 36.2 Å². The van der Waals surface area contributed by atoms with Crippen LogP contribution in [-0.4, -0.2) is 15.6 Å². The van der Waals surface area contributed by atoms with Gasteiger partial charge in [-0.05, 0) is 24.1 Å². The van der Waals surface area contributed by atoms with Gasteiger partial charge in [0.1, 0.15) is 18.4 Å². The van der Waals surface area contributed by atoms with Crippen LogP contribution in [0.4, 0.5) is 0 Å². The normalized spacial score (nSPS) is 10.9. The Hall–Kier alpha value is -2.10. The van der Waals surface area contributed by atoms with Crippen molar-refractivity contribution in [1.82, 2.24) is 4.57 Å². The average molecular weight is 315 g/mol. The summed E-state index contributed by atoms with van der Waals surface area (Å²) in [5.41, 5.74) is 2.71. The van der Waals surface area contributed by atoms with Gasteiger partial charge in [-0.1, -0.05) is 38.3 Å². The minimum atomic E-state index is -0.878. The van der Waals surface area contributed by atoms with Crippen molar-refractivity contribution < 1.29 is 14.5 Å². The molecule has 0 aliphatic heterocycles. The summed E-state index contributed by atoms with van der Waals surface area (Å²) in [5, 5.41) is 8.98. The largest absolute Gasteiger partial charge is 0.478 e. The molecule has 0 amide bonds. The van der Waals surface area contributed by atoms with Crippen molar-refractivity contribution in [2.24, 2.45) is 7.05 Å². The van der Waals surface area contributed by atoms with Crippen molar-refractivity contribution in [3.8, 4) is 0 Å². The number of hydrogen-bond acceptors (Lipinski definition) is 1. The van der Waals surface area contributed by atoms with E-state index >= 15 is 0 Å². The van der Waals surface area contributed by atoms with E-state index in [0.717, 1.165) is 18.5 Å². The van der Waals surface area contributed by atoms with E-state index in [1.54, 1.807) is 12.1 Å². The van der Waals surface area contributed by atoms with Crippen LogP contribution in [0.25, 0.3) is 0 Å². The van der Waals surface area contributed by atoms with Crippen molar-refractivity contribution in [3.05, 3.63) is 53.1 Å². The van der Waals surface area contributed by atoms with Gasteiger partial charge in [0, 0.05) is 13.3 Å². The minimum absolute atomic E-state index is 0.336. The highest BCUT2D eigenvalue weighted by Gasteiger charge is 2.18. The molecule has 0 atom stereocenters. The molecule has 0 unspecified atom stereocenters. The lowest BCUT2D eigenvalue weighted by Crippen LogP contribution is -2.37. The summed E-state index contributed by atoms with van der Waals surface area (Å²) in [5.74, 6) is 0.456. The van der Waals surface area contributed by atoms with Gasteiger partial charge in [-0.25, -0.2) is 13.9 Å². The molecule has 0 radical (unpaired) electrons. The van der Waals surface area contributed by atoms with Crippen LogP contribution in [0, 0.1) is 6.92 Å². The predicted molar refractivity (Wildman–Crippen MR) is 90.7 cm³/mol. The molecule has 2 aromatic rings. The number of aromatic carboxylic acids is 1. The lowest BCUT2D eigenvalue weighted by atomic mass is 10.1. The molecule has 0 aliphatic rings. The van der Waals surface area contributed by atoms with Gasteiger partial charge >= 0.3 is 5.97 Å². The number of nitrogens with zero attached hydrogens (tertiary/aromatic N) is 2. The lowest BCUT2D eigenvalue weighted by Gasteiger charge is -2.04. The Morgan fingerprint density at radius 3 is 2.48 bits per heavy atom. The Kier molecular flexibility index (Phi) is 5.97. The highest BCUT2D eigenvalue weighted by Crippen LogP contribution is 2.09. The lowest BCUT2D eigenvalue weighted by molar-refractivity contribution is -0.695. The van der Waals surface area contributed by atoms with Crippen molar-refractivity contribution in [2.75, 3.05) is 0 Å². The first-order valence-electron chi connectivity index (χ1n) is 8.39. The molecule has 1 N–H and O–H groups in total. The summed E-state index contributed by atoms with van der Waals surface area (Å²) in [6, 6.07) is 7.16. The molecule has 0 aliphatic carbocycles. The molecule has 0 saturated heterocycles. The van der Waals surface area contributed by atoms with E-state index < -0.39 is 5.97 Å². The van der Waals surface area contributed by atoms with E-state index in [0.29, 0.717) is 5.56 Å². The van der Waals surface area contributed by atoms with E-state index in [9.17, 15) is 4.79 Å². The Morgan fingerprint density at radius 2 is 1.87 bits per heavy atom. The third-order valence-corrected chi connectivity index (χ3v) is 4.40. The number of aryl methyl sites for hydroxylation is 1. The number of rotatable bonds is 8. The van der Waals surface area contributed by atoms with Gasteiger partial charge in [0.05, 0.1) is 12.6 Å². The monoisotopic (exact) mass is 315 g/mol. The quantitative estimate of drug-likeness (QED) is 0.599. The molecule has 4 nitrogen and oxygen atoms in total. The van der Waals surface area contributed by atoms with Gasteiger partial charge in [-0.2, -0.15) is 0 Å². The number of unbranched alkanes of at least 4 members (excludes halogenated alkanes) is 3. The fraction of sp³-hybridized carbons (Fsp3) is 0.474. The Labute approximate surface area is 138 Å². The number of carbonyl (C=O) groups is 1. The number of carboxylic acids is 1. The first kappa shape index (κ1) is 17.3. The predicted octanol–water partition coefficient (Wildman–Crippen LogP) is 3.49. The fourth-order valence-electron chi connectivity index (χ4n) is 2.89. The number of hydrogen-bond donors (Lipinski definition) is 1. The van der Waals surface area contributed by atoms with E-state index in [1.807, 2.05) is 12.1 Å². The summed E-state index contributed by atoms with van der Waals surface area (Å²) in [4.78, 5) is 10.9. The third kappa shape index (κ3) is 4.44. The zero-order valence-electron chi connectivity index (χ0n) is 14.4. The second-order valence-corrected chi connectivity index (χ2v) is 6.19. The van der Waals surface area contributed by atoms with Crippen molar-refractivity contribution in [3.63, 3.8) is 0 Å². The number of carboxylic acid groups (broad SMARTS) is 1. The highest BCUT2D eigenvalue weighted by atomic mass is 16.4. The molecule has 4 heteroatoms. The zero-order valence-corrected chi connectivity index (χ0v) is 14.4. The standard InChI is InChI=1S/C19H26N2O2/c1-4-5-6-7-8-18-20(3)15(2)13-21(18)14-16-9-11-17(12-10-16)19(22)23/h9-13H,4-8,14H2,1-3H3/p+1. The fourth-order valence-corrected chi connectivity index (χ4v) is 2.89. The average Bonchev–Trinajstić information content (AvgIpc) is 2.79. The molecular formula is C19H27N2O2+. The van der Waals surface area contributed by atoms with Crippen molar-refractivity contribution >= 4 is 5.97 Å². The summed E-state index contributed by atoms with van der Waals surface area (Å²) in [7, 11) is 2.12. The van der Waals surface area contributed by atoms with Crippen molar-refractivity contribution in [1.29, 1.82) is 0 Å². The molecule has 23 heavy (non-hydrogen) atoms. The summed E-state index contributed by atoms with van der Waals surface area (Å²) < 4.78 is 4.55. The summed E-state index contributed by atoms with van der Waals surface area (Å²) in [6.45, 7) is 5.14. The maximum atomic E-state index is 10.9. The first-order valence-corrected chi connectivity index (χ1v) is 8.39. The molecule has 0 saturated carbocycles. The van der Waals surface area contributed by atoms with Gasteiger partial charge in [0.25, 0.3) is 5.82 Å². The number of benzene rings is 1. The van der Waals surface area contributed by atoms with Crippen LogP contribution in [0.3, 0.4) is 0 Å². The maximum Gasteiger partial charge on any atom is 0.335 e. The Morgan fingerprint density at radius 1 is 1.17 bits per heavy atom. The third-order valence-electron chi connectivity index (χ3n) is 4.40. The summed E-state index contributed by atoms with van der Waals surface area (Å²) in [6.07, 6.45) is 8.29. The van der Waals surface area contributed by atoms with Crippen LogP contribution in [0.15, 0.2) is 30.5 Å². The van der Waals surface area contributed by atoms with Crippen LogP contribution in [-0.2, 0) is 20.0 Å². The molecule has 1 heterocycles. The van der Waals surface area contributed by atoms with Crippen LogP contribution >= 0.6 is 0 Å². The van der Waals surface area contributed by atoms with Gasteiger partial charge in [0.2, 0.25) is 0 Å². The van der Waals surface area contributed by atoms with Crippen LogP contribution in [0.1, 0.15) is 60.0 Å². The second kappa shape index (κ2) is 7.95. The van der Waals surface area contributed by atoms with Crippen LogP contribution in [0.2, 0.25) is 0 Å². The van der Waals surface area contributed by atoms with Gasteiger partial charge < -0.3 is 5.11 Å². The van der Waals surface area contributed by atoms with Crippen molar-refractivity contribution in [2.45, 2.75) is 52.5 Å². The Bertz CT molecular complexity index is 657. The van der Waals surface area contributed by atoms with E-state index in [-0.39, 0.29) is 0 Å². The minimum Gasteiger partial charge on any atom is -0.478 e. The van der Waals surface area contributed by atoms with E-state index in [1.165, 1.54) is 37.2 Å². The molecule has 0 spiro atoms. The molecular weight excluding hydrogens is 288 g/mol. The number of aromatic nitrogens is 2. The first-order chi connectivity index (χ1) is 11.0. The summed E-state index contributed by atoms with van der Waals surface area (Å²) >= 11 is 0. The topological polar surface area (TPSA) is 46.1 Å². The smallest absolute Gasteiger partial charge is 0.335 e. The molecule has 2 rings (SSSR count).